The number of aldehydes is 2. The molecule has 0 radical (unpaired) electrons. The van der Waals surface area contributed by atoms with Crippen molar-refractivity contribution >= 4 is 88.6 Å². The summed E-state index contributed by atoms with van der Waals surface area (Å²) in [6.45, 7) is 26.5. The van der Waals surface area contributed by atoms with E-state index in [1.165, 1.54) is 72.0 Å². The van der Waals surface area contributed by atoms with E-state index in [9.17, 15) is 28.8 Å². The van der Waals surface area contributed by atoms with Crippen molar-refractivity contribution in [3.8, 4) is 0 Å². The highest BCUT2D eigenvalue weighted by atomic mass is 127. The third-order valence-corrected chi connectivity index (χ3v) is 11.6. The van der Waals surface area contributed by atoms with Crippen molar-refractivity contribution in [2.45, 2.75) is 140 Å². The third-order valence-electron chi connectivity index (χ3n) is 10.9. The van der Waals surface area contributed by atoms with Crippen molar-refractivity contribution in [2.75, 3.05) is 0 Å². The van der Waals surface area contributed by atoms with Gasteiger partial charge in [0.25, 0.3) is 23.9 Å². The maximum atomic E-state index is 11.7. The number of allylic oxidation sites excluding steroid dienone is 17. The highest BCUT2D eigenvalue weighted by Crippen LogP contribution is 2.42. The van der Waals surface area contributed by atoms with Crippen molar-refractivity contribution in [2.24, 2.45) is 10.8 Å². The minimum Gasteiger partial charge on any atom is -0.613 e. The van der Waals surface area contributed by atoms with Crippen LogP contribution in [0.3, 0.4) is 0 Å². The Morgan fingerprint density at radius 3 is 1.56 bits per heavy atom. The van der Waals surface area contributed by atoms with Gasteiger partial charge in [-0.25, -0.2) is 0 Å². The second-order valence-electron chi connectivity index (χ2n) is 18.2. The van der Waals surface area contributed by atoms with Crippen LogP contribution in [0.25, 0.3) is 0 Å². The van der Waals surface area contributed by atoms with Crippen molar-refractivity contribution < 1.29 is 47.4 Å². The summed E-state index contributed by atoms with van der Waals surface area (Å²) in [5.74, 6) is 1.54. The SMILES string of the molecule is C/C(Br)=C\C=O.C=C1CC(=O)OB(/C=C(C)/C=C/C2=C(C)CCCC2(C)C)OC(=O)C1.CC1=C(/C=C/C(C)=C/C=C/C(C)=C/C=O)C(C)(C)CCC1.[CH2+][B-]1(/C=C/I)OC(=O)CCCC(=O)O1. The summed E-state index contributed by atoms with van der Waals surface area (Å²) >= 11 is 5.01. The molecular formula is C52H70B2BrIO10. The third kappa shape index (κ3) is 24.4. The van der Waals surface area contributed by atoms with Crippen LogP contribution in [0.5, 0.6) is 0 Å². The quantitative estimate of drug-likeness (QED) is 0.0395. The zero-order valence-corrected chi connectivity index (χ0v) is 44.5. The average molecular weight is 1080 g/mol. The molecule has 0 aromatic rings. The highest BCUT2D eigenvalue weighted by molar-refractivity contribution is 14.1. The Morgan fingerprint density at radius 2 is 1.15 bits per heavy atom. The van der Waals surface area contributed by atoms with Crippen LogP contribution in [0.1, 0.15) is 140 Å². The van der Waals surface area contributed by atoms with Crippen molar-refractivity contribution in [3.05, 3.63) is 133 Å². The van der Waals surface area contributed by atoms with Gasteiger partial charge in [0.05, 0.1) is 12.8 Å². The lowest BCUT2D eigenvalue weighted by Gasteiger charge is -2.33. The van der Waals surface area contributed by atoms with E-state index < -0.39 is 25.6 Å². The average Bonchev–Trinajstić information content (AvgIpc) is 3.16. The first-order valence-corrected chi connectivity index (χ1v) is 24.4. The molecule has 14 heteroatoms. The van der Waals surface area contributed by atoms with E-state index in [1.807, 2.05) is 54.7 Å². The topological polar surface area (TPSA) is 139 Å². The number of rotatable bonds is 10. The molecule has 0 aromatic carbocycles. The lowest BCUT2D eigenvalue weighted by Crippen LogP contribution is -2.43. The molecule has 0 amide bonds. The van der Waals surface area contributed by atoms with Gasteiger partial charge in [0.1, 0.15) is 12.6 Å². The summed E-state index contributed by atoms with van der Waals surface area (Å²) in [7, 11) is -0.979. The molecule has 4 aliphatic rings. The Hall–Kier alpha value is -4.43. The summed E-state index contributed by atoms with van der Waals surface area (Å²) in [4.78, 5) is 65.7. The molecule has 2 aliphatic carbocycles. The second-order valence-corrected chi connectivity index (χ2v) is 20.2. The van der Waals surface area contributed by atoms with E-state index in [-0.39, 0.29) is 48.5 Å². The lowest BCUT2D eigenvalue weighted by molar-refractivity contribution is -0.144. The van der Waals surface area contributed by atoms with Gasteiger partial charge in [-0.15, -0.1) is 0 Å². The maximum absolute atomic E-state index is 11.7. The van der Waals surface area contributed by atoms with Gasteiger partial charge < -0.3 is 18.6 Å². The smallest absolute Gasteiger partial charge is 0.613 e. The molecule has 0 atom stereocenters. The zero-order valence-electron chi connectivity index (χ0n) is 40.8. The normalized spacial score (nSPS) is 20.9. The first-order valence-electron chi connectivity index (χ1n) is 22.3. The molecule has 2 heterocycles. The molecule has 2 aliphatic heterocycles. The minimum absolute atomic E-state index is 0.0502. The lowest BCUT2D eigenvalue weighted by atomic mass is 9.60. The Kier molecular flexibility index (Phi) is 27.1. The number of hydrogen-bond acceptors (Lipinski definition) is 10. The summed E-state index contributed by atoms with van der Waals surface area (Å²) in [6, 6.07) is 0. The largest absolute Gasteiger partial charge is 0.628 e. The van der Waals surface area contributed by atoms with Crippen LogP contribution in [0.15, 0.2) is 126 Å². The molecule has 0 aromatic heterocycles. The van der Waals surface area contributed by atoms with Crippen LogP contribution in [0.4, 0.5) is 0 Å². The summed E-state index contributed by atoms with van der Waals surface area (Å²) in [6.07, 6.45) is 27.5. The van der Waals surface area contributed by atoms with Gasteiger partial charge in [-0.3, -0.25) is 28.8 Å². The molecule has 66 heavy (non-hydrogen) atoms. The van der Waals surface area contributed by atoms with Gasteiger partial charge in [0, 0.05) is 12.8 Å². The maximum Gasteiger partial charge on any atom is 0.628 e. The van der Waals surface area contributed by atoms with Crippen molar-refractivity contribution in [1.29, 1.82) is 0 Å². The molecule has 0 N–H and O–H groups in total. The predicted molar refractivity (Wildman–Crippen MR) is 281 cm³/mol. The molecule has 2 saturated heterocycles. The van der Waals surface area contributed by atoms with Crippen LogP contribution >= 0.6 is 38.5 Å². The van der Waals surface area contributed by atoms with E-state index in [4.69, 9.17) is 18.6 Å². The Morgan fingerprint density at radius 1 is 0.697 bits per heavy atom. The molecule has 0 unspecified atom stereocenters. The number of carbonyl (C=O) groups is 6. The Labute approximate surface area is 417 Å². The van der Waals surface area contributed by atoms with Gasteiger partial charge in [-0.2, -0.15) is 0 Å². The van der Waals surface area contributed by atoms with Crippen LogP contribution in [-0.2, 0) is 47.4 Å². The zero-order chi connectivity index (χ0) is 50.1. The highest BCUT2D eigenvalue weighted by Gasteiger charge is 2.37. The first kappa shape index (κ1) is 59.6. The fraction of sp³-hybridized carbons (Fsp3) is 0.442. The number of halogens is 2. The number of hydrogen-bond donors (Lipinski definition) is 0. The minimum atomic E-state index is -2.16. The molecular weight excluding hydrogens is 1010 g/mol. The molecule has 358 valence electrons. The van der Waals surface area contributed by atoms with Gasteiger partial charge in [0.15, 0.2) is 0 Å². The van der Waals surface area contributed by atoms with Crippen molar-refractivity contribution in [3.63, 3.8) is 0 Å². The van der Waals surface area contributed by atoms with Crippen LogP contribution in [0, 0.1) is 17.7 Å². The van der Waals surface area contributed by atoms with E-state index in [2.05, 4.69) is 102 Å². The van der Waals surface area contributed by atoms with Gasteiger partial charge in [-0.05, 0) is 143 Å². The monoisotopic (exact) mass is 1080 g/mol. The van der Waals surface area contributed by atoms with Gasteiger partial charge in [0.2, 0.25) is 0 Å². The molecule has 2 fully saturated rings. The molecule has 0 spiro atoms. The summed E-state index contributed by atoms with van der Waals surface area (Å²) < 4.78 is 22.8. The van der Waals surface area contributed by atoms with Crippen molar-refractivity contribution in [1.82, 2.24) is 0 Å². The van der Waals surface area contributed by atoms with Crippen LogP contribution in [0.2, 0.25) is 0 Å². The summed E-state index contributed by atoms with van der Waals surface area (Å²) in [5, 5.41) is 0. The van der Waals surface area contributed by atoms with E-state index in [1.54, 1.807) is 23.1 Å². The van der Waals surface area contributed by atoms with Crippen LogP contribution in [-0.4, -0.2) is 50.1 Å². The second kappa shape index (κ2) is 30.1. The van der Waals surface area contributed by atoms with E-state index in [0.29, 0.717) is 12.0 Å². The van der Waals surface area contributed by atoms with E-state index >= 15 is 0 Å². The molecule has 0 bridgehead atoms. The molecule has 4 rings (SSSR count). The fourth-order valence-electron chi connectivity index (χ4n) is 7.44. The first-order chi connectivity index (χ1) is 30.9. The number of carbonyl (C=O) groups excluding carboxylic acids is 6. The Balaban J connectivity index is 0.000000480. The fourth-order valence-corrected chi connectivity index (χ4v) is 8.18. The van der Waals surface area contributed by atoms with Gasteiger partial charge >= 0.3 is 13.7 Å². The summed E-state index contributed by atoms with van der Waals surface area (Å²) in [5.41, 5.74) is 9.81. The predicted octanol–water partition coefficient (Wildman–Crippen LogP) is 13.2. The molecule has 0 saturated carbocycles. The van der Waals surface area contributed by atoms with E-state index in [0.717, 1.165) is 34.6 Å². The Bertz CT molecular complexity index is 2030. The molecule has 10 nitrogen and oxygen atoms in total. The van der Waals surface area contributed by atoms with Gasteiger partial charge in [-0.1, -0.05) is 153 Å². The van der Waals surface area contributed by atoms with Crippen LogP contribution < -0.4 is 0 Å². The standard InChI is InChI=1S/C20H27BO4.C20H28O.C8H10BIO4.C4H5BrO/c1-14(8-9-17-16(3)7-6-10-20(17,4)5)13-21-24-18(22)11-15(2)12-19(23)25-21;1-16(8-6-9-17(2)13-15-21)11-12-19-18(3)10-7-14-20(19,4)5;1-9(5-6-10)13-7(11)3-2-4-8(12)14-9;1-4(5)2-3-6/h8-9,13H,2,6-7,10-12H2,1,3-5H3;6,8-9,11-13,15H,7,10,14H2,1-5H3;5-6H,1-4H2;2-3H,1H3/b9-8+,14-13+;9-6+,12-11+,16-8+,17-13+;6-5+;4-2+.